The van der Waals surface area contributed by atoms with Crippen LogP contribution in [0.1, 0.15) is 21.5 Å². The molecule has 0 saturated heterocycles. The molecule has 5 rings (SSSR count). The fourth-order valence-corrected chi connectivity index (χ4v) is 5.30. The van der Waals surface area contributed by atoms with E-state index in [1.807, 2.05) is 30.3 Å². The predicted octanol–water partition coefficient (Wildman–Crippen LogP) is 8.31. The third kappa shape index (κ3) is 10.2. The van der Waals surface area contributed by atoms with E-state index in [0.717, 1.165) is 10.5 Å². The Balaban J connectivity index is 1.23. The number of benzene rings is 5. The van der Waals surface area contributed by atoms with Crippen LogP contribution in [0.4, 0.5) is 15.8 Å². The van der Waals surface area contributed by atoms with Gasteiger partial charge in [0.25, 0.3) is 11.8 Å². The van der Waals surface area contributed by atoms with Crippen molar-refractivity contribution in [3.05, 3.63) is 160 Å². The smallest absolute Gasteiger partial charge is 0.272 e. The number of carbonyl (C=O) groups excluding carboxylic acids is 3. The van der Waals surface area contributed by atoms with Crippen molar-refractivity contribution in [2.45, 2.75) is 11.5 Å². The molecule has 0 heterocycles. The SMILES string of the molecule is O=C(CSc1ccc(NC(=O)/C(=C/c2ccc(OCc3ccccc3)cc2)NC(=O)c2ccccc2)cc1)Nc1ccc(Br)cc1F. The molecule has 0 aromatic heterocycles. The van der Waals surface area contributed by atoms with E-state index in [0.29, 0.717) is 33.6 Å². The summed E-state index contributed by atoms with van der Waals surface area (Å²) in [4.78, 5) is 39.5. The number of carbonyl (C=O) groups is 3. The first-order chi connectivity index (χ1) is 22.8. The normalized spacial score (nSPS) is 11.0. The van der Waals surface area contributed by atoms with Gasteiger partial charge < -0.3 is 20.7 Å². The quantitative estimate of drug-likeness (QED) is 0.0895. The van der Waals surface area contributed by atoms with Crippen LogP contribution in [0.5, 0.6) is 5.75 Å². The average molecular weight is 711 g/mol. The molecule has 0 aliphatic heterocycles. The second-order valence-corrected chi connectivity index (χ2v) is 12.1. The molecular weight excluding hydrogens is 681 g/mol. The van der Waals surface area contributed by atoms with Crippen molar-refractivity contribution in [2.75, 3.05) is 16.4 Å². The zero-order chi connectivity index (χ0) is 33.0. The summed E-state index contributed by atoms with van der Waals surface area (Å²) in [5.41, 5.74) is 2.78. The third-order valence-electron chi connectivity index (χ3n) is 6.66. The fourth-order valence-electron chi connectivity index (χ4n) is 4.27. The van der Waals surface area contributed by atoms with Crippen LogP contribution in [0, 0.1) is 5.82 Å². The van der Waals surface area contributed by atoms with Gasteiger partial charge in [-0.25, -0.2) is 4.39 Å². The molecule has 0 aliphatic carbocycles. The van der Waals surface area contributed by atoms with Crippen LogP contribution in [-0.2, 0) is 16.2 Å². The Bertz CT molecular complexity index is 1870. The van der Waals surface area contributed by atoms with Crippen LogP contribution in [0.3, 0.4) is 0 Å². The summed E-state index contributed by atoms with van der Waals surface area (Å²) in [6, 6.07) is 37.0. The number of anilines is 2. The summed E-state index contributed by atoms with van der Waals surface area (Å²) in [5, 5.41) is 8.12. The van der Waals surface area contributed by atoms with Gasteiger partial charge in [-0.3, -0.25) is 14.4 Å². The van der Waals surface area contributed by atoms with Crippen molar-refractivity contribution in [3.8, 4) is 5.75 Å². The summed E-state index contributed by atoms with van der Waals surface area (Å²) in [5.74, 6) is -1.10. The predicted molar refractivity (Wildman–Crippen MR) is 188 cm³/mol. The van der Waals surface area contributed by atoms with Gasteiger partial charge in [-0.2, -0.15) is 0 Å². The largest absolute Gasteiger partial charge is 0.489 e. The Labute approximate surface area is 284 Å². The molecule has 0 fully saturated rings. The molecule has 3 amide bonds. The van der Waals surface area contributed by atoms with Crippen LogP contribution in [0.2, 0.25) is 0 Å². The molecule has 10 heteroatoms. The highest BCUT2D eigenvalue weighted by molar-refractivity contribution is 9.10. The van der Waals surface area contributed by atoms with Gasteiger partial charge in [0, 0.05) is 20.6 Å². The zero-order valence-electron chi connectivity index (χ0n) is 24.9. The molecule has 7 nitrogen and oxygen atoms in total. The van der Waals surface area contributed by atoms with Gasteiger partial charge in [-0.1, -0.05) is 76.6 Å². The van der Waals surface area contributed by atoms with Gasteiger partial charge in [-0.05, 0) is 83.9 Å². The van der Waals surface area contributed by atoms with Crippen molar-refractivity contribution in [1.29, 1.82) is 0 Å². The van der Waals surface area contributed by atoms with Crippen molar-refractivity contribution < 1.29 is 23.5 Å². The molecule has 0 saturated carbocycles. The first-order valence-electron chi connectivity index (χ1n) is 14.5. The second-order valence-electron chi connectivity index (χ2n) is 10.2. The Morgan fingerprint density at radius 2 is 1.47 bits per heavy atom. The number of hydrogen-bond donors (Lipinski definition) is 3. The van der Waals surface area contributed by atoms with E-state index in [1.165, 1.54) is 23.9 Å². The summed E-state index contributed by atoms with van der Waals surface area (Å²) in [6.45, 7) is 0.424. The molecule has 0 unspecified atom stereocenters. The summed E-state index contributed by atoms with van der Waals surface area (Å²) < 4.78 is 20.5. The van der Waals surface area contributed by atoms with E-state index in [-0.39, 0.29) is 23.0 Å². The first kappa shape index (κ1) is 33.2. The van der Waals surface area contributed by atoms with Gasteiger partial charge >= 0.3 is 0 Å². The zero-order valence-corrected chi connectivity index (χ0v) is 27.3. The van der Waals surface area contributed by atoms with Crippen LogP contribution < -0.4 is 20.7 Å². The maximum absolute atomic E-state index is 14.0. The standard InChI is InChI=1S/C37H29BrFN3O4S/c38-28-13-20-33(32(39)22-28)41-35(43)24-47-31-18-14-29(15-19-31)40-37(45)34(42-36(44)27-9-5-2-6-10-27)21-25-11-16-30(17-12-25)46-23-26-7-3-1-4-8-26/h1-22H,23-24H2,(H,40,45)(H,41,43)(H,42,44)/b34-21-. The molecule has 0 bridgehead atoms. The van der Waals surface area contributed by atoms with Gasteiger partial charge in [0.2, 0.25) is 5.91 Å². The van der Waals surface area contributed by atoms with Crippen LogP contribution in [-0.4, -0.2) is 23.5 Å². The van der Waals surface area contributed by atoms with Crippen LogP contribution in [0.25, 0.3) is 6.08 Å². The van der Waals surface area contributed by atoms with E-state index in [4.69, 9.17) is 4.74 Å². The highest BCUT2D eigenvalue weighted by Crippen LogP contribution is 2.23. The molecule has 5 aromatic carbocycles. The van der Waals surface area contributed by atoms with Crippen LogP contribution in [0.15, 0.2) is 142 Å². The van der Waals surface area contributed by atoms with Gasteiger partial charge in [0.1, 0.15) is 23.9 Å². The monoisotopic (exact) mass is 709 g/mol. The van der Waals surface area contributed by atoms with E-state index < -0.39 is 17.6 Å². The topological polar surface area (TPSA) is 96.5 Å². The minimum atomic E-state index is -0.531. The highest BCUT2D eigenvalue weighted by Gasteiger charge is 2.16. The molecule has 0 spiro atoms. The summed E-state index contributed by atoms with van der Waals surface area (Å²) in [7, 11) is 0. The fraction of sp³-hybridized carbons (Fsp3) is 0.0541. The third-order valence-corrected chi connectivity index (χ3v) is 8.16. The van der Waals surface area contributed by atoms with Crippen molar-refractivity contribution in [1.82, 2.24) is 5.32 Å². The number of halogens is 2. The molecule has 3 N–H and O–H groups in total. The maximum Gasteiger partial charge on any atom is 0.272 e. The van der Waals surface area contributed by atoms with Crippen molar-refractivity contribution in [2.24, 2.45) is 0 Å². The van der Waals surface area contributed by atoms with E-state index >= 15 is 0 Å². The van der Waals surface area contributed by atoms with E-state index in [2.05, 4.69) is 31.9 Å². The molecule has 0 radical (unpaired) electrons. The lowest BCUT2D eigenvalue weighted by Crippen LogP contribution is -2.30. The number of nitrogens with one attached hydrogen (secondary N) is 3. The number of ether oxygens (including phenoxy) is 1. The minimum absolute atomic E-state index is 0.0482. The number of amides is 3. The Kier molecular flexibility index (Phi) is 11.6. The number of thioether (sulfide) groups is 1. The Morgan fingerprint density at radius 1 is 0.787 bits per heavy atom. The lowest BCUT2D eigenvalue weighted by Gasteiger charge is -2.12. The average Bonchev–Trinajstić information content (AvgIpc) is 3.09. The van der Waals surface area contributed by atoms with Gasteiger partial charge in [-0.15, -0.1) is 11.8 Å². The first-order valence-corrected chi connectivity index (χ1v) is 16.2. The number of hydrogen-bond acceptors (Lipinski definition) is 5. The Hall–Kier alpha value is -5.19. The lowest BCUT2D eigenvalue weighted by atomic mass is 10.1. The molecule has 0 aliphatic rings. The minimum Gasteiger partial charge on any atom is -0.489 e. The molecule has 236 valence electrons. The maximum atomic E-state index is 14.0. The molecule has 47 heavy (non-hydrogen) atoms. The van der Waals surface area contributed by atoms with E-state index in [9.17, 15) is 18.8 Å². The highest BCUT2D eigenvalue weighted by atomic mass is 79.9. The van der Waals surface area contributed by atoms with Crippen molar-refractivity contribution >= 4 is 62.9 Å². The number of rotatable bonds is 12. The van der Waals surface area contributed by atoms with Crippen LogP contribution >= 0.6 is 27.7 Å². The molecular formula is C37H29BrFN3O4S. The molecule has 0 atom stereocenters. The summed E-state index contributed by atoms with van der Waals surface area (Å²) >= 11 is 4.46. The molecule has 5 aromatic rings. The summed E-state index contributed by atoms with van der Waals surface area (Å²) in [6.07, 6.45) is 1.59. The van der Waals surface area contributed by atoms with E-state index in [1.54, 1.807) is 91.0 Å². The van der Waals surface area contributed by atoms with Gasteiger partial charge in [0.15, 0.2) is 0 Å². The van der Waals surface area contributed by atoms with Crippen molar-refractivity contribution in [3.63, 3.8) is 0 Å². The Morgan fingerprint density at radius 3 is 2.15 bits per heavy atom. The van der Waals surface area contributed by atoms with Gasteiger partial charge in [0.05, 0.1) is 11.4 Å². The lowest BCUT2D eigenvalue weighted by molar-refractivity contribution is -0.114. The second kappa shape index (κ2) is 16.4.